The van der Waals surface area contributed by atoms with E-state index in [1.807, 2.05) is 6.07 Å². The summed E-state index contributed by atoms with van der Waals surface area (Å²) in [5.74, 6) is 0.701. The van der Waals surface area contributed by atoms with Crippen LogP contribution in [0.5, 0.6) is 0 Å². The molecule has 3 nitrogen and oxygen atoms in total. The Morgan fingerprint density at radius 2 is 2.05 bits per heavy atom. The minimum Gasteiger partial charge on any atom is -0.357 e. The number of aliphatic imine (C=N–C) groups is 1. The number of nitrogens with zero attached hydrogens (tertiary/aromatic N) is 1. The van der Waals surface area contributed by atoms with Crippen molar-refractivity contribution in [1.82, 2.24) is 10.6 Å². The molecule has 0 heterocycles. The highest BCUT2D eigenvalue weighted by atomic mass is 127. The molecule has 0 aliphatic rings. The lowest BCUT2D eigenvalue weighted by Gasteiger charge is -2.11. The van der Waals surface area contributed by atoms with E-state index in [1.165, 1.54) is 6.07 Å². The van der Waals surface area contributed by atoms with Gasteiger partial charge in [-0.3, -0.25) is 4.99 Å². The van der Waals surface area contributed by atoms with Crippen LogP contribution in [0.25, 0.3) is 0 Å². The molecule has 0 aromatic heterocycles. The number of halogens is 2. The lowest BCUT2D eigenvalue weighted by atomic mass is 10.1. The van der Waals surface area contributed by atoms with Gasteiger partial charge in [-0.25, -0.2) is 4.39 Å². The maximum absolute atomic E-state index is 13.0. The molecule has 0 spiro atoms. The normalized spacial score (nSPS) is 10.8. The average molecular weight is 393 g/mol. The minimum absolute atomic E-state index is 0. The first-order valence-electron chi connectivity index (χ1n) is 7.03. The fourth-order valence-electron chi connectivity index (χ4n) is 1.76. The molecule has 0 unspecified atom stereocenters. The van der Waals surface area contributed by atoms with Crippen molar-refractivity contribution in [3.05, 3.63) is 35.6 Å². The van der Waals surface area contributed by atoms with Crippen LogP contribution in [0.4, 0.5) is 4.39 Å². The number of aryl methyl sites for hydroxylation is 1. The van der Waals surface area contributed by atoms with Gasteiger partial charge in [0.1, 0.15) is 5.82 Å². The third-order valence-corrected chi connectivity index (χ3v) is 2.66. The number of nitrogens with one attached hydrogen (secondary N) is 2. The monoisotopic (exact) mass is 393 g/mol. The zero-order valence-corrected chi connectivity index (χ0v) is 14.6. The van der Waals surface area contributed by atoms with Crippen molar-refractivity contribution < 1.29 is 4.39 Å². The first-order valence-corrected chi connectivity index (χ1v) is 7.03. The van der Waals surface area contributed by atoms with Crippen molar-refractivity contribution >= 4 is 29.9 Å². The van der Waals surface area contributed by atoms with Crippen LogP contribution >= 0.6 is 24.0 Å². The van der Waals surface area contributed by atoms with Crippen LogP contribution in [-0.2, 0) is 6.42 Å². The van der Waals surface area contributed by atoms with E-state index < -0.39 is 0 Å². The van der Waals surface area contributed by atoms with Crippen LogP contribution in [0.15, 0.2) is 29.3 Å². The molecular weight excluding hydrogens is 368 g/mol. The van der Waals surface area contributed by atoms with Gasteiger partial charge in [-0.2, -0.15) is 0 Å². The molecule has 5 heteroatoms. The van der Waals surface area contributed by atoms with Crippen LogP contribution in [0.2, 0.25) is 0 Å². The van der Waals surface area contributed by atoms with E-state index in [-0.39, 0.29) is 29.8 Å². The minimum atomic E-state index is -0.164. The molecular formula is C15H25FIN3. The van der Waals surface area contributed by atoms with E-state index in [0.717, 1.165) is 50.4 Å². The predicted molar refractivity (Wildman–Crippen MR) is 94.4 cm³/mol. The van der Waals surface area contributed by atoms with Gasteiger partial charge in [-0.1, -0.05) is 19.1 Å². The second kappa shape index (κ2) is 11.9. The maximum atomic E-state index is 13.0. The molecule has 0 saturated heterocycles. The molecule has 1 aromatic carbocycles. The lowest BCUT2D eigenvalue weighted by Crippen LogP contribution is -2.38. The van der Waals surface area contributed by atoms with Crippen LogP contribution in [0.1, 0.15) is 32.3 Å². The number of rotatable bonds is 7. The first kappa shape index (κ1) is 19.1. The summed E-state index contributed by atoms with van der Waals surface area (Å²) < 4.78 is 13.0. The van der Waals surface area contributed by atoms with Crippen molar-refractivity contribution in [2.24, 2.45) is 4.99 Å². The molecule has 1 rings (SSSR count). The Morgan fingerprint density at radius 1 is 1.25 bits per heavy atom. The van der Waals surface area contributed by atoms with E-state index in [9.17, 15) is 4.39 Å². The Labute approximate surface area is 138 Å². The predicted octanol–water partition coefficient (Wildman–Crippen LogP) is 3.34. The van der Waals surface area contributed by atoms with Crippen molar-refractivity contribution in [3.8, 4) is 0 Å². The van der Waals surface area contributed by atoms with Gasteiger partial charge in [0.05, 0.1) is 0 Å². The van der Waals surface area contributed by atoms with Gasteiger partial charge in [0.2, 0.25) is 0 Å². The summed E-state index contributed by atoms with van der Waals surface area (Å²) in [4.78, 5) is 4.43. The van der Waals surface area contributed by atoms with Crippen molar-refractivity contribution in [3.63, 3.8) is 0 Å². The summed E-state index contributed by atoms with van der Waals surface area (Å²) in [6.07, 6.45) is 2.87. The van der Waals surface area contributed by atoms with Gasteiger partial charge in [0, 0.05) is 19.6 Å². The molecule has 1 aromatic rings. The quantitative estimate of drug-likeness (QED) is 0.323. The molecule has 0 bridgehead atoms. The smallest absolute Gasteiger partial charge is 0.191 e. The van der Waals surface area contributed by atoms with Crippen LogP contribution < -0.4 is 10.6 Å². The topological polar surface area (TPSA) is 36.4 Å². The van der Waals surface area contributed by atoms with Crippen LogP contribution in [0, 0.1) is 5.82 Å². The number of guanidine groups is 1. The number of benzene rings is 1. The van der Waals surface area contributed by atoms with E-state index in [1.54, 1.807) is 12.1 Å². The first-order chi connectivity index (χ1) is 9.26. The third kappa shape index (κ3) is 8.35. The van der Waals surface area contributed by atoms with Gasteiger partial charge >= 0.3 is 0 Å². The van der Waals surface area contributed by atoms with Gasteiger partial charge < -0.3 is 10.6 Å². The summed E-state index contributed by atoms with van der Waals surface area (Å²) in [6, 6.07) is 6.78. The molecule has 2 N–H and O–H groups in total. The molecule has 0 radical (unpaired) electrons. The standard InChI is InChI=1S/C15H24FN3.HI/c1-3-10-18-15(17-4-2)19-11-6-8-13-7-5-9-14(16)12-13;/h5,7,9,12H,3-4,6,8,10-11H2,1-2H3,(H2,17,18,19);1H. The molecule has 0 fully saturated rings. The second-order valence-electron chi connectivity index (χ2n) is 4.42. The molecule has 0 amide bonds. The summed E-state index contributed by atoms with van der Waals surface area (Å²) in [7, 11) is 0. The molecule has 0 saturated carbocycles. The zero-order chi connectivity index (χ0) is 13.9. The highest BCUT2D eigenvalue weighted by Gasteiger charge is 1.98. The fourth-order valence-corrected chi connectivity index (χ4v) is 1.76. The van der Waals surface area contributed by atoms with E-state index in [0.29, 0.717) is 0 Å². The van der Waals surface area contributed by atoms with E-state index >= 15 is 0 Å². The zero-order valence-electron chi connectivity index (χ0n) is 12.3. The van der Waals surface area contributed by atoms with Gasteiger partial charge in [-0.15, -0.1) is 24.0 Å². The maximum Gasteiger partial charge on any atom is 0.191 e. The Bertz CT molecular complexity index is 396. The summed E-state index contributed by atoms with van der Waals surface area (Å²) in [5.41, 5.74) is 1.04. The number of hydrogen-bond donors (Lipinski definition) is 2. The van der Waals surface area contributed by atoms with Gasteiger partial charge in [0.25, 0.3) is 0 Å². The van der Waals surface area contributed by atoms with E-state index in [4.69, 9.17) is 0 Å². The molecule has 20 heavy (non-hydrogen) atoms. The largest absolute Gasteiger partial charge is 0.357 e. The Morgan fingerprint density at radius 3 is 2.70 bits per heavy atom. The Balaban J connectivity index is 0.00000361. The Kier molecular flexibility index (Phi) is 11.4. The van der Waals surface area contributed by atoms with Crippen molar-refractivity contribution in [1.29, 1.82) is 0 Å². The van der Waals surface area contributed by atoms with Gasteiger partial charge in [-0.05, 0) is 43.9 Å². The summed E-state index contributed by atoms with van der Waals surface area (Å²) >= 11 is 0. The number of hydrogen-bond acceptors (Lipinski definition) is 1. The fraction of sp³-hybridized carbons (Fsp3) is 0.533. The second-order valence-corrected chi connectivity index (χ2v) is 4.42. The highest BCUT2D eigenvalue weighted by Crippen LogP contribution is 2.05. The highest BCUT2D eigenvalue weighted by molar-refractivity contribution is 14.0. The third-order valence-electron chi connectivity index (χ3n) is 2.66. The molecule has 0 aliphatic heterocycles. The van der Waals surface area contributed by atoms with Crippen molar-refractivity contribution in [2.75, 3.05) is 19.6 Å². The SMILES string of the molecule is CCCN=C(NCC)NCCCc1cccc(F)c1.I. The molecule has 0 aliphatic carbocycles. The summed E-state index contributed by atoms with van der Waals surface area (Å²) in [6.45, 7) is 6.69. The van der Waals surface area contributed by atoms with E-state index in [2.05, 4.69) is 29.5 Å². The Hall–Kier alpha value is -0.850. The summed E-state index contributed by atoms with van der Waals surface area (Å²) in [5, 5.41) is 6.49. The van der Waals surface area contributed by atoms with Gasteiger partial charge in [0.15, 0.2) is 5.96 Å². The van der Waals surface area contributed by atoms with Crippen LogP contribution in [-0.4, -0.2) is 25.6 Å². The van der Waals surface area contributed by atoms with Crippen molar-refractivity contribution in [2.45, 2.75) is 33.1 Å². The lowest BCUT2D eigenvalue weighted by molar-refractivity contribution is 0.624. The molecule has 0 atom stereocenters. The average Bonchev–Trinajstić information content (AvgIpc) is 2.41. The van der Waals surface area contributed by atoms with Crippen LogP contribution in [0.3, 0.4) is 0 Å². The molecule has 114 valence electrons.